The van der Waals surface area contributed by atoms with E-state index in [0.717, 1.165) is 33.1 Å². The average Bonchev–Trinajstić information content (AvgIpc) is 3.17. The van der Waals surface area contributed by atoms with Crippen LogP contribution in [0.1, 0.15) is 35.8 Å². The third-order valence-corrected chi connectivity index (χ3v) is 5.49. The molecule has 0 amide bonds. The number of hydrogen-bond donors (Lipinski definition) is 0. The molecule has 0 spiro atoms. The van der Waals surface area contributed by atoms with Crippen molar-refractivity contribution in [3.05, 3.63) is 77.5 Å². The molecular weight excluding hydrogens is 337 g/mol. The quantitative estimate of drug-likeness (QED) is 0.669. The molecule has 2 aliphatic rings. The molecule has 5 rings (SSSR count). The zero-order chi connectivity index (χ0) is 18.4. The monoisotopic (exact) mass is 357 g/mol. The Morgan fingerprint density at radius 1 is 1.07 bits per heavy atom. The van der Waals surface area contributed by atoms with Crippen molar-refractivity contribution in [1.29, 1.82) is 0 Å². The van der Waals surface area contributed by atoms with Gasteiger partial charge in [-0.05, 0) is 29.6 Å². The highest BCUT2D eigenvalue weighted by atomic mass is 16.7. The van der Waals surface area contributed by atoms with Crippen molar-refractivity contribution in [2.45, 2.75) is 25.2 Å². The molecule has 4 nitrogen and oxygen atoms in total. The summed E-state index contributed by atoms with van der Waals surface area (Å²) in [6.07, 6.45) is 5.71. The minimum atomic E-state index is -0.427. The van der Waals surface area contributed by atoms with E-state index in [4.69, 9.17) is 14.0 Å². The number of pyridine rings is 1. The first-order chi connectivity index (χ1) is 13.3. The molecule has 0 unspecified atom stereocenters. The Hall–Kier alpha value is -2.47. The predicted molar refractivity (Wildman–Crippen MR) is 107 cm³/mol. The highest BCUT2D eigenvalue weighted by Gasteiger charge is 2.44. The third-order valence-electron chi connectivity index (χ3n) is 5.49. The Bertz CT molecular complexity index is 1030. The van der Waals surface area contributed by atoms with Crippen LogP contribution in [0.5, 0.6) is 0 Å². The maximum absolute atomic E-state index is 6.45. The summed E-state index contributed by atoms with van der Waals surface area (Å²) in [6, 6.07) is 16.4. The van der Waals surface area contributed by atoms with E-state index < -0.39 is 7.12 Å². The Balaban J connectivity index is 1.57. The zero-order valence-electron chi connectivity index (χ0n) is 15.3. The van der Waals surface area contributed by atoms with Gasteiger partial charge >= 0.3 is 7.12 Å². The van der Waals surface area contributed by atoms with Gasteiger partial charge in [0.15, 0.2) is 0 Å². The van der Waals surface area contributed by atoms with Crippen LogP contribution in [0.2, 0.25) is 0 Å². The lowest BCUT2D eigenvalue weighted by molar-refractivity contribution is 0.120. The first-order valence-electron chi connectivity index (χ1n) is 9.24. The van der Waals surface area contributed by atoms with Crippen molar-refractivity contribution in [3.8, 4) is 0 Å². The van der Waals surface area contributed by atoms with Crippen LogP contribution in [-0.4, -0.2) is 25.3 Å². The summed E-state index contributed by atoms with van der Waals surface area (Å²) in [5, 5.41) is 1.12. The minimum absolute atomic E-state index is 0.0265. The van der Waals surface area contributed by atoms with Gasteiger partial charge in [-0.2, -0.15) is 0 Å². The molecule has 1 fully saturated rings. The topological polar surface area (TPSA) is 40.6 Å². The van der Waals surface area contributed by atoms with Crippen molar-refractivity contribution in [1.82, 2.24) is 4.98 Å². The van der Waals surface area contributed by atoms with Gasteiger partial charge in [0.05, 0.1) is 23.8 Å². The van der Waals surface area contributed by atoms with E-state index in [1.807, 2.05) is 31.3 Å². The molecule has 0 radical (unpaired) electrons. The largest absolute Gasteiger partial charge is 0.495 e. The van der Waals surface area contributed by atoms with Gasteiger partial charge < -0.3 is 14.0 Å². The number of aromatic nitrogens is 1. The molecule has 3 atom stereocenters. The molecule has 3 aromatic rings. The predicted octanol–water partition coefficient (Wildman–Crippen LogP) is 3.82. The lowest BCUT2D eigenvalue weighted by Crippen LogP contribution is -2.36. The second kappa shape index (κ2) is 6.61. The molecule has 134 valence electrons. The number of ether oxygens (including phenoxy) is 1. The van der Waals surface area contributed by atoms with E-state index in [1.54, 1.807) is 7.11 Å². The molecular formula is C22H20BNO3. The molecule has 2 heterocycles. The molecule has 0 saturated carbocycles. The van der Waals surface area contributed by atoms with Crippen LogP contribution in [0, 0.1) is 0 Å². The van der Waals surface area contributed by atoms with Crippen LogP contribution < -0.4 is 5.46 Å². The summed E-state index contributed by atoms with van der Waals surface area (Å²) in [6.45, 7) is 2.04. The lowest BCUT2D eigenvalue weighted by Gasteiger charge is -2.23. The molecule has 1 aromatic heterocycles. The van der Waals surface area contributed by atoms with Crippen LogP contribution in [-0.2, 0) is 14.0 Å². The highest BCUT2D eigenvalue weighted by molar-refractivity contribution is 6.62. The van der Waals surface area contributed by atoms with Crippen LogP contribution in [0.4, 0.5) is 0 Å². The van der Waals surface area contributed by atoms with Crippen molar-refractivity contribution >= 4 is 29.6 Å². The van der Waals surface area contributed by atoms with Crippen LogP contribution in [0.3, 0.4) is 0 Å². The van der Waals surface area contributed by atoms with E-state index in [2.05, 4.69) is 47.5 Å². The van der Waals surface area contributed by atoms with Gasteiger partial charge in [0, 0.05) is 24.3 Å². The van der Waals surface area contributed by atoms with Gasteiger partial charge in [-0.15, -0.1) is 0 Å². The fourth-order valence-corrected chi connectivity index (χ4v) is 4.03. The van der Waals surface area contributed by atoms with Crippen LogP contribution in [0.15, 0.2) is 60.8 Å². The van der Waals surface area contributed by atoms with Crippen molar-refractivity contribution < 1.29 is 14.0 Å². The third kappa shape index (κ3) is 2.70. The summed E-state index contributed by atoms with van der Waals surface area (Å²) in [5.74, 6) is 0. The maximum Gasteiger partial charge on any atom is 0.495 e. The normalized spacial score (nSPS) is 21.9. The Kier molecular flexibility index (Phi) is 4.08. The summed E-state index contributed by atoms with van der Waals surface area (Å²) in [5.41, 5.74) is 5.34. The van der Waals surface area contributed by atoms with E-state index in [9.17, 15) is 0 Å². The second-order valence-corrected chi connectivity index (χ2v) is 7.00. The number of nitrogens with zero attached hydrogens (tertiary/aromatic N) is 1. The first kappa shape index (κ1) is 16.7. The zero-order valence-corrected chi connectivity index (χ0v) is 15.3. The van der Waals surface area contributed by atoms with Crippen LogP contribution >= 0.6 is 0 Å². The van der Waals surface area contributed by atoms with E-state index >= 15 is 0 Å². The highest BCUT2D eigenvalue weighted by Crippen LogP contribution is 2.41. The molecule has 1 aliphatic carbocycles. The molecule has 2 aromatic carbocycles. The van der Waals surface area contributed by atoms with E-state index in [0.29, 0.717) is 0 Å². The molecule has 0 bridgehead atoms. The molecule has 1 aliphatic heterocycles. The summed E-state index contributed by atoms with van der Waals surface area (Å²) in [7, 11) is 1.29. The summed E-state index contributed by atoms with van der Waals surface area (Å²) < 4.78 is 18.3. The van der Waals surface area contributed by atoms with Gasteiger partial charge in [-0.3, -0.25) is 4.98 Å². The summed E-state index contributed by atoms with van der Waals surface area (Å²) in [4.78, 5) is 4.62. The van der Waals surface area contributed by atoms with Gasteiger partial charge in [-0.1, -0.05) is 54.6 Å². The number of methoxy groups -OCH3 is 1. The first-order valence-corrected chi connectivity index (χ1v) is 9.24. The summed E-state index contributed by atoms with van der Waals surface area (Å²) >= 11 is 0. The van der Waals surface area contributed by atoms with Gasteiger partial charge in [0.25, 0.3) is 0 Å². The maximum atomic E-state index is 6.45. The lowest BCUT2D eigenvalue weighted by atomic mass is 9.75. The molecule has 27 heavy (non-hydrogen) atoms. The van der Waals surface area contributed by atoms with Gasteiger partial charge in [-0.25, -0.2) is 0 Å². The smallest absolute Gasteiger partial charge is 0.398 e. The average molecular weight is 357 g/mol. The molecule has 1 saturated heterocycles. The molecule has 5 heteroatoms. The minimum Gasteiger partial charge on any atom is -0.398 e. The Morgan fingerprint density at radius 2 is 1.96 bits per heavy atom. The van der Waals surface area contributed by atoms with Gasteiger partial charge in [0.2, 0.25) is 0 Å². The fraction of sp³-hybridized carbons (Fsp3) is 0.227. The van der Waals surface area contributed by atoms with Crippen molar-refractivity contribution in [2.75, 3.05) is 7.11 Å². The Morgan fingerprint density at radius 3 is 2.85 bits per heavy atom. The number of benzene rings is 2. The standard InChI is InChI=1S/C22H20BNO3/c1-14(25-2)17-7-3-4-8-18(17)23-26-19-12-11-15-9-10-16-6-5-13-24-21(16)20(15)22(19)27-23/h3-14,19,22H,1-2H3/t14-,19+,22+/m1/s1. The van der Waals surface area contributed by atoms with Crippen molar-refractivity contribution in [3.63, 3.8) is 0 Å². The SMILES string of the molecule is CO[C@H](C)c1ccccc1B1O[C@H]2C=Cc3ccc4cccnc4c3[C@H]2O1. The number of fused-ring (bicyclic) bond motifs is 5. The Labute approximate surface area is 158 Å². The van der Waals surface area contributed by atoms with Crippen LogP contribution in [0.25, 0.3) is 17.0 Å². The second-order valence-electron chi connectivity index (χ2n) is 7.00. The molecule has 0 N–H and O–H groups in total. The van der Waals surface area contributed by atoms with Crippen molar-refractivity contribution in [2.24, 2.45) is 0 Å². The van der Waals surface area contributed by atoms with E-state index in [-0.39, 0.29) is 18.3 Å². The number of hydrogen-bond acceptors (Lipinski definition) is 4. The van der Waals surface area contributed by atoms with Gasteiger partial charge in [0.1, 0.15) is 0 Å². The number of rotatable bonds is 3. The fourth-order valence-electron chi connectivity index (χ4n) is 4.03. The van der Waals surface area contributed by atoms with E-state index in [1.165, 1.54) is 0 Å².